The summed E-state index contributed by atoms with van der Waals surface area (Å²) in [5.41, 5.74) is 1.02. The maximum atomic E-state index is 13.1. The minimum Gasteiger partial charge on any atom is -0.478 e. The molecule has 3 aromatic rings. The van der Waals surface area contributed by atoms with Crippen molar-refractivity contribution < 1.29 is 14.3 Å². The van der Waals surface area contributed by atoms with Crippen molar-refractivity contribution in [2.75, 3.05) is 6.61 Å². The molecule has 0 radical (unpaired) electrons. The molecular formula is C23H24BrN3O4. The molecule has 162 valence electrons. The quantitative estimate of drug-likeness (QED) is 0.350. The molecule has 0 N–H and O–H groups in total. The summed E-state index contributed by atoms with van der Waals surface area (Å²) in [5.74, 6) is 0.602. The molecule has 0 unspecified atom stereocenters. The molecule has 0 fully saturated rings. The van der Waals surface area contributed by atoms with Crippen LogP contribution in [0.2, 0.25) is 0 Å². The molecule has 0 spiro atoms. The van der Waals surface area contributed by atoms with Crippen LogP contribution in [-0.2, 0) is 16.0 Å². The molecule has 0 aliphatic rings. The van der Waals surface area contributed by atoms with Gasteiger partial charge in [-0.05, 0) is 50.6 Å². The van der Waals surface area contributed by atoms with E-state index in [1.165, 1.54) is 4.68 Å². The molecule has 1 heterocycles. The molecule has 0 amide bonds. The maximum absolute atomic E-state index is 13.1. The molecule has 8 heteroatoms. The molecule has 7 nitrogen and oxygen atoms in total. The number of rotatable bonds is 8. The third-order valence-corrected chi connectivity index (χ3v) is 5.00. The largest absolute Gasteiger partial charge is 0.478 e. The van der Waals surface area contributed by atoms with Crippen molar-refractivity contribution in [2.24, 2.45) is 5.10 Å². The zero-order chi connectivity index (χ0) is 22.4. The highest BCUT2D eigenvalue weighted by Gasteiger charge is 2.17. The number of esters is 1. The topological polar surface area (TPSA) is 82.8 Å². The molecule has 0 saturated heterocycles. The van der Waals surface area contributed by atoms with E-state index >= 15 is 0 Å². The average Bonchev–Trinajstić information content (AvgIpc) is 2.75. The van der Waals surface area contributed by atoms with Crippen LogP contribution in [0.25, 0.3) is 10.9 Å². The van der Waals surface area contributed by atoms with Gasteiger partial charge < -0.3 is 9.47 Å². The van der Waals surface area contributed by atoms with E-state index in [4.69, 9.17) is 9.47 Å². The number of aromatic nitrogens is 2. The minimum absolute atomic E-state index is 0.246. The van der Waals surface area contributed by atoms with Crippen molar-refractivity contribution in [1.29, 1.82) is 0 Å². The van der Waals surface area contributed by atoms with Crippen LogP contribution in [0.5, 0.6) is 5.75 Å². The Labute approximate surface area is 188 Å². The molecule has 31 heavy (non-hydrogen) atoms. The predicted octanol–water partition coefficient (Wildman–Crippen LogP) is 4.32. The van der Waals surface area contributed by atoms with E-state index in [2.05, 4.69) is 26.0 Å². The van der Waals surface area contributed by atoms with Gasteiger partial charge in [0.05, 0.1) is 23.7 Å². The van der Waals surface area contributed by atoms with Crippen LogP contribution in [0.3, 0.4) is 0 Å². The third kappa shape index (κ3) is 5.38. The first kappa shape index (κ1) is 22.7. The molecule has 3 rings (SSSR count). The van der Waals surface area contributed by atoms with Crippen molar-refractivity contribution in [3.8, 4) is 5.75 Å². The fraction of sp³-hybridized carbons (Fsp3) is 0.304. The molecule has 0 bridgehead atoms. The van der Waals surface area contributed by atoms with Gasteiger partial charge in [0, 0.05) is 16.5 Å². The zero-order valence-electron chi connectivity index (χ0n) is 17.7. The van der Waals surface area contributed by atoms with Gasteiger partial charge in [-0.15, -0.1) is 0 Å². The van der Waals surface area contributed by atoms with Gasteiger partial charge in [-0.25, -0.2) is 9.78 Å². The number of aryl methyl sites for hydroxylation is 1. The van der Waals surface area contributed by atoms with Gasteiger partial charge >= 0.3 is 5.97 Å². The van der Waals surface area contributed by atoms with E-state index in [-0.39, 0.29) is 12.2 Å². The van der Waals surface area contributed by atoms with Crippen LogP contribution < -0.4 is 10.3 Å². The van der Waals surface area contributed by atoms with E-state index in [0.717, 1.165) is 10.9 Å². The Hall–Kier alpha value is -3.00. The van der Waals surface area contributed by atoms with Gasteiger partial charge in [-0.3, -0.25) is 4.79 Å². The zero-order valence-corrected chi connectivity index (χ0v) is 19.3. The number of para-hydroxylation sites is 1. The number of carbonyl (C=O) groups excluding carboxylic acids is 1. The van der Waals surface area contributed by atoms with Crippen molar-refractivity contribution in [3.63, 3.8) is 0 Å². The lowest BCUT2D eigenvalue weighted by Crippen LogP contribution is -2.26. The van der Waals surface area contributed by atoms with E-state index in [1.54, 1.807) is 44.3 Å². The summed E-state index contributed by atoms with van der Waals surface area (Å²) < 4.78 is 12.9. The Kier molecular flexibility index (Phi) is 7.57. The Morgan fingerprint density at radius 2 is 2.03 bits per heavy atom. The number of fused-ring (bicyclic) bond motifs is 1. The van der Waals surface area contributed by atoms with Crippen molar-refractivity contribution in [3.05, 3.63) is 68.7 Å². The van der Waals surface area contributed by atoms with Gasteiger partial charge in [0.25, 0.3) is 5.56 Å². The number of halogens is 1. The molecule has 1 aromatic heterocycles. The SMILES string of the molecule is CCCc1nc2ccc(Br)cc2c(=O)n1N=Cc1ccccc1O[C@H](C)C(=O)OCC. The second-order valence-corrected chi connectivity index (χ2v) is 7.77. The first-order valence-corrected chi connectivity index (χ1v) is 10.9. The maximum Gasteiger partial charge on any atom is 0.347 e. The highest BCUT2D eigenvalue weighted by Crippen LogP contribution is 2.19. The van der Waals surface area contributed by atoms with Crippen molar-refractivity contribution >= 4 is 39.0 Å². The highest BCUT2D eigenvalue weighted by atomic mass is 79.9. The monoisotopic (exact) mass is 485 g/mol. The predicted molar refractivity (Wildman–Crippen MR) is 124 cm³/mol. The Balaban J connectivity index is 2.00. The lowest BCUT2D eigenvalue weighted by molar-refractivity contribution is -0.150. The molecule has 0 aliphatic heterocycles. The second-order valence-electron chi connectivity index (χ2n) is 6.85. The van der Waals surface area contributed by atoms with Gasteiger partial charge in [0.15, 0.2) is 6.10 Å². The van der Waals surface area contributed by atoms with Crippen LogP contribution in [0, 0.1) is 0 Å². The van der Waals surface area contributed by atoms with Crippen LogP contribution in [-0.4, -0.2) is 34.6 Å². The number of hydrogen-bond donors (Lipinski definition) is 0. The number of carbonyl (C=O) groups is 1. The minimum atomic E-state index is -0.771. The van der Waals surface area contributed by atoms with Gasteiger partial charge in [-0.1, -0.05) is 35.0 Å². The Morgan fingerprint density at radius 3 is 2.77 bits per heavy atom. The second kappa shape index (κ2) is 10.3. The Morgan fingerprint density at radius 1 is 1.26 bits per heavy atom. The van der Waals surface area contributed by atoms with Crippen molar-refractivity contribution in [1.82, 2.24) is 9.66 Å². The summed E-state index contributed by atoms with van der Waals surface area (Å²) in [7, 11) is 0. The Bertz CT molecular complexity index is 1170. The first-order valence-electron chi connectivity index (χ1n) is 10.1. The number of hydrogen-bond acceptors (Lipinski definition) is 6. The summed E-state index contributed by atoms with van der Waals surface area (Å²) in [6.07, 6.45) is 2.20. The number of benzene rings is 2. The van der Waals surface area contributed by atoms with Crippen LogP contribution in [0.1, 0.15) is 38.6 Å². The van der Waals surface area contributed by atoms with Crippen LogP contribution in [0.4, 0.5) is 0 Å². The fourth-order valence-electron chi connectivity index (χ4n) is 3.01. The van der Waals surface area contributed by atoms with Crippen molar-refractivity contribution in [2.45, 2.75) is 39.7 Å². The highest BCUT2D eigenvalue weighted by molar-refractivity contribution is 9.10. The number of ether oxygens (including phenoxy) is 2. The van der Waals surface area contributed by atoms with Crippen LogP contribution in [0.15, 0.2) is 56.8 Å². The summed E-state index contributed by atoms with van der Waals surface area (Å²) in [6, 6.07) is 12.6. The van der Waals surface area contributed by atoms with E-state index < -0.39 is 12.1 Å². The van der Waals surface area contributed by atoms with E-state index in [1.807, 2.05) is 25.1 Å². The molecule has 1 atom stereocenters. The fourth-order valence-corrected chi connectivity index (χ4v) is 3.37. The third-order valence-electron chi connectivity index (χ3n) is 4.50. The van der Waals surface area contributed by atoms with Crippen LogP contribution >= 0.6 is 15.9 Å². The summed E-state index contributed by atoms with van der Waals surface area (Å²) in [6.45, 7) is 5.67. The smallest absolute Gasteiger partial charge is 0.347 e. The summed E-state index contributed by atoms with van der Waals surface area (Å²) in [5, 5.41) is 4.91. The lowest BCUT2D eigenvalue weighted by Gasteiger charge is -2.15. The van der Waals surface area contributed by atoms with Gasteiger partial charge in [-0.2, -0.15) is 9.78 Å². The molecule has 0 aliphatic carbocycles. The molecular weight excluding hydrogens is 462 g/mol. The first-order chi connectivity index (χ1) is 14.9. The lowest BCUT2D eigenvalue weighted by atomic mass is 10.2. The summed E-state index contributed by atoms with van der Waals surface area (Å²) in [4.78, 5) is 29.7. The standard InChI is InChI=1S/C23H24BrN3O4/c1-4-8-21-26-19-12-11-17(24)13-18(19)22(28)27(21)25-14-16-9-6-7-10-20(16)31-15(3)23(29)30-5-2/h6-7,9-15H,4-5,8H2,1-3H3/t15-/m1/s1. The molecule has 2 aromatic carbocycles. The van der Waals surface area contributed by atoms with E-state index in [0.29, 0.717) is 34.5 Å². The van der Waals surface area contributed by atoms with Gasteiger partial charge in [0.2, 0.25) is 0 Å². The molecule has 0 saturated carbocycles. The van der Waals surface area contributed by atoms with Gasteiger partial charge in [0.1, 0.15) is 11.6 Å². The summed E-state index contributed by atoms with van der Waals surface area (Å²) >= 11 is 3.40. The van der Waals surface area contributed by atoms with E-state index in [9.17, 15) is 9.59 Å². The normalized spacial score (nSPS) is 12.3. The average molecular weight is 486 g/mol. The number of nitrogens with zero attached hydrogens (tertiary/aromatic N) is 3.